The van der Waals surface area contributed by atoms with Crippen LogP contribution in [0.4, 0.5) is 5.69 Å². The van der Waals surface area contributed by atoms with Crippen LogP contribution in [-0.2, 0) is 22.5 Å². The van der Waals surface area contributed by atoms with Crippen LogP contribution in [-0.4, -0.2) is 54.3 Å². The number of benzene rings is 2. The van der Waals surface area contributed by atoms with Crippen molar-refractivity contribution in [2.24, 2.45) is 0 Å². The van der Waals surface area contributed by atoms with Gasteiger partial charge in [0.2, 0.25) is 0 Å². The molecule has 1 fully saturated rings. The highest BCUT2D eigenvalue weighted by atomic mass is 35.5. The van der Waals surface area contributed by atoms with Gasteiger partial charge in [0, 0.05) is 55.5 Å². The largest absolute Gasteiger partial charge is 0.462 e. The summed E-state index contributed by atoms with van der Waals surface area (Å²) in [7, 11) is 0. The molecule has 3 aromatic rings. The number of anilines is 1. The molecule has 1 aliphatic heterocycles. The van der Waals surface area contributed by atoms with Crippen molar-refractivity contribution >= 4 is 35.0 Å². The third kappa shape index (κ3) is 5.90. The van der Waals surface area contributed by atoms with Crippen molar-refractivity contribution in [3.05, 3.63) is 65.4 Å². The molecule has 2 heterocycles. The lowest BCUT2D eigenvalue weighted by Crippen LogP contribution is -2.47. The Morgan fingerprint density at radius 2 is 1.73 bits per heavy atom. The number of fused-ring (bicyclic) bond motifs is 1. The highest BCUT2D eigenvalue weighted by Gasteiger charge is 2.19. The van der Waals surface area contributed by atoms with Gasteiger partial charge in [0.1, 0.15) is 6.54 Å². The van der Waals surface area contributed by atoms with Crippen LogP contribution in [0.25, 0.3) is 10.9 Å². The molecule has 4 rings (SSSR count). The summed E-state index contributed by atoms with van der Waals surface area (Å²) in [6.45, 7) is 13.8. The Kier molecular flexibility index (Phi) is 8.44. The fraction of sp³-hybridized carbons (Fsp3) is 0.444. The van der Waals surface area contributed by atoms with Crippen molar-refractivity contribution in [3.8, 4) is 0 Å². The fourth-order valence-electron chi connectivity index (χ4n) is 4.66. The van der Waals surface area contributed by atoms with Gasteiger partial charge in [0.15, 0.2) is 0 Å². The second kappa shape index (κ2) is 11.1. The molecule has 0 N–H and O–H groups in total. The summed E-state index contributed by atoms with van der Waals surface area (Å²) in [5.41, 5.74) is 6.53. The summed E-state index contributed by atoms with van der Waals surface area (Å²) >= 11 is 0. The predicted octanol–water partition coefficient (Wildman–Crippen LogP) is 5.00. The first-order valence-corrected chi connectivity index (χ1v) is 11.7. The number of hydrogen-bond acceptors (Lipinski definition) is 4. The van der Waals surface area contributed by atoms with Crippen molar-refractivity contribution in [2.75, 3.05) is 37.6 Å². The van der Waals surface area contributed by atoms with Crippen LogP contribution >= 0.6 is 12.4 Å². The number of aryl methyl sites for hydroxylation is 1. The van der Waals surface area contributed by atoms with Gasteiger partial charge in [-0.3, -0.25) is 9.69 Å². The highest BCUT2D eigenvalue weighted by molar-refractivity contribution is 5.86. The van der Waals surface area contributed by atoms with E-state index in [-0.39, 0.29) is 31.0 Å². The molecule has 2 aromatic carbocycles. The Morgan fingerprint density at radius 1 is 1.00 bits per heavy atom. The van der Waals surface area contributed by atoms with Crippen LogP contribution in [0.2, 0.25) is 0 Å². The van der Waals surface area contributed by atoms with Gasteiger partial charge in [-0.1, -0.05) is 30.3 Å². The molecule has 1 aromatic heterocycles. The van der Waals surface area contributed by atoms with Crippen molar-refractivity contribution < 1.29 is 9.53 Å². The van der Waals surface area contributed by atoms with Gasteiger partial charge in [-0.25, -0.2) is 0 Å². The van der Waals surface area contributed by atoms with Crippen LogP contribution in [0.5, 0.6) is 0 Å². The smallest absolute Gasteiger partial charge is 0.326 e. The van der Waals surface area contributed by atoms with E-state index in [9.17, 15) is 4.79 Å². The molecular weight excluding hydrogens is 434 g/mol. The standard InChI is InChI=1S/C27H35N3O2.ClH/c1-20(2)32-27(31)19-30-18-23(24-9-5-6-10-26(24)30)12-13-28-14-16-29(17-15-28)25-11-7-8-21(3)22(25)4;/h5-11,18,20H,12-17,19H2,1-4H3;1H. The van der Waals surface area contributed by atoms with Gasteiger partial charge in [-0.2, -0.15) is 0 Å². The van der Waals surface area contributed by atoms with Crippen molar-refractivity contribution in [1.29, 1.82) is 0 Å². The zero-order chi connectivity index (χ0) is 22.7. The second-order valence-electron chi connectivity index (χ2n) is 9.14. The molecule has 0 spiro atoms. The molecule has 5 nitrogen and oxygen atoms in total. The van der Waals surface area contributed by atoms with Crippen LogP contribution in [0.3, 0.4) is 0 Å². The molecule has 0 amide bonds. The quantitative estimate of drug-likeness (QED) is 0.456. The Bertz CT molecular complexity index is 1080. The van der Waals surface area contributed by atoms with E-state index in [1.54, 1.807) is 0 Å². The van der Waals surface area contributed by atoms with Crippen molar-refractivity contribution in [3.63, 3.8) is 0 Å². The van der Waals surface area contributed by atoms with E-state index in [2.05, 4.69) is 66.2 Å². The maximum Gasteiger partial charge on any atom is 0.326 e. The van der Waals surface area contributed by atoms with Gasteiger partial charge in [-0.15, -0.1) is 12.4 Å². The van der Waals surface area contributed by atoms with E-state index in [1.165, 1.54) is 27.8 Å². The monoisotopic (exact) mass is 469 g/mol. The lowest BCUT2D eigenvalue weighted by Gasteiger charge is -2.37. The molecule has 6 heteroatoms. The molecule has 1 saturated heterocycles. The number of rotatable bonds is 7. The molecule has 0 radical (unpaired) electrons. The van der Waals surface area contributed by atoms with Crippen LogP contribution in [0.1, 0.15) is 30.5 Å². The average Bonchev–Trinajstić information content (AvgIpc) is 3.11. The second-order valence-corrected chi connectivity index (χ2v) is 9.14. The van der Waals surface area contributed by atoms with E-state index in [4.69, 9.17) is 4.74 Å². The molecule has 1 aliphatic rings. The van der Waals surface area contributed by atoms with E-state index in [0.29, 0.717) is 0 Å². The first-order chi connectivity index (χ1) is 15.4. The van der Waals surface area contributed by atoms with Gasteiger partial charge in [-0.05, 0) is 62.9 Å². The molecule has 0 unspecified atom stereocenters. The number of carbonyl (C=O) groups excluding carboxylic acids is 1. The van der Waals surface area contributed by atoms with Crippen molar-refractivity contribution in [1.82, 2.24) is 9.47 Å². The van der Waals surface area contributed by atoms with Crippen LogP contribution in [0, 0.1) is 13.8 Å². The van der Waals surface area contributed by atoms with E-state index < -0.39 is 0 Å². The Morgan fingerprint density at radius 3 is 2.45 bits per heavy atom. The number of esters is 1. The lowest BCUT2D eigenvalue weighted by molar-refractivity contribution is -0.148. The van der Waals surface area contributed by atoms with Gasteiger partial charge < -0.3 is 14.2 Å². The Hall–Kier alpha value is -2.50. The van der Waals surface area contributed by atoms with Gasteiger partial charge >= 0.3 is 5.97 Å². The fourth-order valence-corrected chi connectivity index (χ4v) is 4.66. The maximum absolute atomic E-state index is 12.2. The number of para-hydroxylation sites is 1. The summed E-state index contributed by atoms with van der Waals surface area (Å²) in [5.74, 6) is -0.185. The number of halogens is 1. The van der Waals surface area contributed by atoms with E-state index >= 15 is 0 Å². The lowest BCUT2D eigenvalue weighted by atomic mass is 10.1. The molecule has 0 saturated carbocycles. The Labute approximate surface area is 203 Å². The van der Waals surface area contributed by atoms with E-state index in [1.807, 2.05) is 24.5 Å². The minimum absolute atomic E-state index is 0. The van der Waals surface area contributed by atoms with Crippen molar-refractivity contribution in [2.45, 2.75) is 46.8 Å². The summed E-state index contributed by atoms with van der Waals surface area (Å²) in [6.07, 6.45) is 3.03. The number of carbonyl (C=O) groups is 1. The minimum Gasteiger partial charge on any atom is -0.462 e. The molecule has 0 bridgehead atoms. The van der Waals surface area contributed by atoms with E-state index in [0.717, 1.165) is 44.7 Å². The highest BCUT2D eigenvalue weighted by Crippen LogP contribution is 2.25. The van der Waals surface area contributed by atoms with Crippen LogP contribution < -0.4 is 4.90 Å². The molecule has 178 valence electrons. The number of hydrogen-bond donors (Lipinski definition) is 0. The summed E-state index contributed by atoms with van der Waals surface area (Å²) < 4.78 is 7.39. The molecule has 33 heavy (non-hydrogen) atoms. The zero-order valence-electron chi connectivity index (χ0n) is 20.2. The summed E-state index contributed by atoms with van der Waals surface area (Å²) in [5, 5.41) is 1.24. The Balaban J connectivity index is 0.00000306. The number of ether oxygens (including phenoxy) is 1. The topological polar surface area (TPSA) is 37.7 Å². The summed E-state index contributed by atoms with van der Waals surface area (Å²) in [4.78, 5) is 17.3. The molecular formula is C27H36ClN3O2. The number of piperazine rings is 1. The minimum atomic E-state index is -0.185. The molecule has 0 atom stereocenters. The first kappa shape index (κ1) is 25.1. The maximum atomic E-state index is 12.2. The summed E-state index contributed by atoms with van der Waals surface area (Å²) in [6, 6.07) is 15.0. The third-order valence-corrected chi connectivity index (χ3v) is 6.52. The van der Waals surface area contributed by atoms with Gasteiger partial charge in [0.25, 0.3) is 0 Å². The average molecular weight is 470 g/mol. The number of aromatic nitrogens is 1. The predicted molar refractivity (Wildman–Crippen MR) is 139 cm³/mol. The third-order valence-electron chi connectivity index (χ3n) is 6.52. The first-order valence-electron chi connectivity index (χ1n) is 11.7. The number of nitrogens with zero attached hydrogens (tertiary/aromatic N) is 3. The van der Waals surface area contributed by atoms with Crippen LogP contribution in [0.15, 0.2) is 48.7 Å². The SMILES string of the molecule is Cc1cccc(N2CCN(CCc3cn(CC(=O)OC(C)C)c4ccccc34)CC2)c1C.Cl. The normalized spacial score (nSPS) is 14.5. The zero-order valence-corrected chi connectivity index (χ0v) is 21.0. The molecule has 0 aliphatic carbocycles. The van der Waals surface area contributed by atoms with Gasteiger partial charge in [0.05, 0.1) is 6.10 Å².